The molecule has 0 bridgehead atoms. The van der Waals surface area contributed by atoms with E-state index in [9.17, 15) is 9.59 Å². The topological polar surface area (TPSA) is 49.4 Å². The Morgan fingerprint density at radius 1 is 1.17 bits per heavy atom. The minimum Gasteiger partial charge on any atom is -0.367 e. The molecule has 2 aromatic rings. The van der Waals surface area contributed by atoms with E-state index < -0.39 is 0 Å². The number of hydrogen-bond donors (Lipinski definition) is 1. The maximum absolute atomic E-state index is 12.4. The fourth-order valence-corrected chi connectivity index (χ4v) is 3.25. The Morgan fingerprint density at radius 2 is 1.92 bits per heavy atom. The van der Waals surface area contributed by atoms with Crippen LogP contribution in [0.25, 0.3) is 6.08 Å². The first-order chi connectivity index (χ1) is 11.5. The van der Waals surface area contributed by atoms with Crippen molar-refractivity contribution in [3.63, 3.8) is 0 Å². The fourth-order valence-electron chi connectivity index (χ4n) is 2.22. The molecule has 2 aromatic carbocycles. The fraction of sp³-hybridized carbons (Fsp3) is 0.111. The van der Waals surface area contributed by atoms with Crippen LogP contribution in [-0.4, -0.2) is 22.7 Å². The number of halogens is 1. The summed E-state index contributed by atoms with van der Waals surface area (Å²) in [5, 5.41) is 3.35. The van der Waals surface area contributed by atoms with E-state index in [0.717, 1.165) is 28.6 Å². The van der Waals surface area contributed by atoms with Crippen molar-refractivity contribution in [2.24, 2.45) is 0 Å². The second kappa shape index (κ2) is 7.11. The number of nitrogens with one attached hydrogen (secondary N) is 1. The van der Waals surface area contributed by atoms with E-state index in [1.54, 1.807) is 24.3 Å². The van der Waals surface area contributed by atoms with Gasteiger partial charge in [-0.3, -0.25) is 14.5 Å². The van der Waals surface area contributed by atoms with E-state index in [-0.39, 0.29) is 17.8 Å². The molecular formula is C18H15ClN2O2S. The summed E-state index contributed by atoms with van der Waals surface area (Å²) in [6.07, 6.45) is 1.74. The number of benzene rings is 2. The van der Waals surface area contributed by atoms with Gasteiger partial charge in [0.25, 0.3) is 11.1 Å². The highest BCUT2D eigenvalue weighted by Crippen LogP contribution is 2.32. The predicted molar refractivity (Wildman–Crippen MR) is 98.9 cm³/mol. The maximum Gasteiger partial charge on any atom is 0.295 e. The largest absolute Gasteiger partial charge is 0.367 e. The molecule has 4 nitrogen and oxygen atoms in total. The number of nitrogens with zero attached hydrogens (tertiary/aromatic N) is 1. The number of rotatable bonds is 4. The Morgan fingerprint density at radius 3 is 2.62 bits per heavy atom. The van der Waals surface area contributed by atoms with Gasteiger partial charge < -0.3 is 5.32 Å². The van der Waals surface area contributed by atoms with Crippen molar-refractivity contribution in [2.75, 3.05) is 12.0 Å². The molecule has 1 aliphatic rings. The Balaban J connectivity index is 1.71. The minimum atomic E-state index is -0.292. The molecule has 0 aromatic heterocycles. The van der Waals surface area contributed by atoms with E-state index in [4.69, 9.17) is 11.6 Å². The Labute approximate surface area is 149 Å². The summed E-state index contributed by atoms with van der Waals surface area (Å²) in [6, 6.07) is 14.9. The zero-order valence-corrected chi connectivity index (χ0v) is 14.5. The third-order valence-electron chi connectivity index (χ3n) is 3.51. The lowest BCUT2D eigenvalue weighted by molar-refractivity contribution is -0.122. The molecule has 0 unspecified atom stereocenters. The first-order valence-corrected chi connectivity index (χ1v) is 8.54. The van der Waals surface area contributed by atoms with Crippen LogP contribution in [0.3, 0.4) is 0 Å². The summed E-state index contributed by atoms with van der Waals surface area (Å²) in [6.45, 7) is 2.11. The molecule has 0 atom stereocenters. The van der Waals surface area contributed by atoms with Gasteiger partial charge in [-0.2, -0.15) is 0 Å². The second-order valence-corrected chi connectivity index (χ2v) is 6.80. The zero-order valence-electron chi connectivity index (χ0n) is 13.0. The molecule has 0 aliphatic carbocycles. The summed E-state index contributed by atoms with van der Waals surface area (Å²) >= 11 is 6.87. The minimum absolute atomic E-state index is 0.107. The van der Waals surface area contributed by atoms with Crippen LogP contribution in [0.2, 0.25) is 5.02 Å². The lowest BCUT2D eigenvalue weighted by Crippen LogP contribution is -2.33. The third kappa shape index (κ3) is 3.80. The van der Waals surface area contributed by atoms with E-state index >= 15 is 0 Å². The van der Waals surface area contributed by atoms with Gasteiger partial charge in [0, 0.05) is 10.7 Å². The van der Waals surface area contributed by atoms with Crippen LogP contribution >= 0.6 is 23.4 Å². The highest BCUT2D eigenvalue weighted by molar-refractivity contribution is 8.18. The Bertz CT molecular complexity index is 818. The van der Waals surface area contributed by atoms with Gasteiger partial charge in [-0.1, -0.05) is 47.5 Å². The van der Waals surface area contributed by atoms with Gasteiger partial charge in [-0.15, -0.1) is 0 Å². The van der Waals surface area contributed by atoms with E-state index in [1.807, 2.05) is 37.3 Å². The highest BCUT2D eigenvalue weighted by atomic mass is 35.5. The molecule has 1 N–H and O–H groups in total. The van der Waals surface area contributed by atoms with E-state index in [1.165, 1.54) is 4.90 Å². The first kappa shape index (κ1) is 16.6. The zero-order chi connectivity index (χ0) is 17.1. The van der Waals surface area contributed by atoms with Gasteiger partial charge in [-0.25, -0.2) is 0 Å². The molecule has 6 heteroatoms. The van der Waals surface area contributed by atoms with Crippen molar-refractivity contribution in [1.82, 2.24) is 4.90 Å². The summed E-state index contributed by atoms with van der Waals surface area (Å²) in [4.78, 5) is 26.1. The normalized spacial score (nSPS) is 16.1. The number of aryl methyl sites for hydroxylation is 1. The molecule has 1 heterocycles. The number of hydrogen-bond acceptors (Lipinski definition) is 4. The number of amides is 2. The van der Waals surface area contributed by atoms with Crippen molar-refractivity contribution in [3.8, 4) is 0 Å². The molecule has 1 saturated heterocycles. The van der Waals surface area contributed by atoms with Crippen molar-refractivity contribution < 1.29 is 9.59 Å². The van der Waals surface area contributed by atoms with Gasteiger partial charge in [-0.05, 0) is 48.5 Å². The third-order valence-corrected chi connectivity index (χ3v) is 4.66. The molecule has 1 fully saturated rings. The molecule has 122 valence electrons. The summed E-state index contributed by atoms with van der Waals surface area (Å²) in [7, 11) is 0. The lowest BCUT2D eigenvalue weighted by atomic mass is 10.1. The standard InChI is InChI=1S/C18H15ClN2O2S/c1-12-5-7-13(8-6-12)9-16-17(22)21(18(23)24-16)11-20-15-4-2-3-14(19)10-15/h2-10,20H,11H2,1H3. The first-order valence-electron chi connectivity index (χ1n) is 7.34. The van der Waals surface area contributed by atoms with Gasteiger partial charge in [0.1, 0.15) is 0 Å². The smallest absolute Gasteiger partial charge is 0.295 e. The number of imide groups is 1. The molecule has 24 heavy (non-hydrogen) atoms. The van der Waals surface area contributed by atoms with Gasteiger partial charge in [0.2, 0.25) is 0 Å². The summed E-state index contributed by atoms with van der Waals surface area (Å²) in [5.74, 6) is -0.292. The van der Waals surface area contributed by atoms with Crippen LogP contribution in [0.15, 0.2) is 53.4 Å². The Kier molecular flexibility index (Phi) is 4.92. The van der Waals surface area contributed by atoms with Crippen LogP contribution < -0.4 is 5.32 Å². The lowest BCUT2D eigenvalue weighted by Gasteiger charge is -2.14. The average molecular weight is 359 g/mol. The van der Waals surface area contributed by atoms with Crippen molar-refractivity contribution in [1.29, 1.82) is 0 Å². The number of anilines is 1. The van der Waals surface area contributed by atoms with Crippen LogP contribution in [0.4, 0.5) is 10.5 Å². The Hall–Kier alpha value is -2.24. The average Bonchev–Trinajstić information content (AvgIpc) is 2.82. The number of carbonyl (C=O) groups is 2. The van der Waals surface area contributed by atoms with Crippen LogP contribution in [-0.2, 0) is 4.79 Å². The van der Waals surface area contributed by atoms with Gasteiger partial charge in [0.05, 0.1) is 11.6 Å². The molecular weight excluding hydrogens is 344 g/mol. The summed E-state index contributed by atoms with van der Waals surface area (Å²) < 4.78 is 0. The van der Waals surface area contributed by atoms with Gasteiger partial charge >= 0.3 is 0 Å². The summed E-state index contributed by atoms with van der Waals surface area (Å²) in [5.41, 5.74) is 2.80. The monoisotopic (exact) mass is 358 g/mol. The van der Waals surface area contributed by atoms with Crippen molar-refractivity contribution >= 4 is 46.3 Å². The molecule has 0 radical (unpaired) electrons. The quantitative estimate of drug-likeness (QED) is 0.801. The number of carbonyl (C=O) groups excluding carboxylic acids is 2. The highest BCUT2D eigenvalue weighted by Gasteiger charge is 2.34. The number of thioether (sulfide) groups is 1. The maximum atomic E-state index is 12.4. The molecule has 2 amide bonds. The van der Waals surface area contributed by atoms with E-state index in [2.05, 4.69) is 5.32 Å². The molecule has 1 aliphatic heterocycles. The molecule has 0 saturated carbocycles. The van der Waals surface area contributed by atoms with Crippen molar-refractivity contribution in [2.45, 2.75) is 6.92 Å². The van der Waals surface area contributed by atoms with Crippen LogP contribution in [0, 0.1) is 6.92 Å². The van der Waals surface area contributed by atoms with Crippen molar-refractivity contribution in [3.05, 3.63) is 69.6 Å². The van der Waals surface area contributed by atoms with E-state index in [0.29, 0.717) is 9.93 Å². The second-order valence-electron chi connectivity index (χ2n) is 5.37. The van der Waals surface area contributed by atoms with Crippen LogP contribution in [0.1, 0.15) is 11.1 Å². The molecule has 0 spiro atoms. The molecule has 3 rings (SSSR count). The SMILES string of the molecule is Cc1ccc(C=C2SC(=O)N(CNc3cccc(Cl)c3)C2=O)cc1. The van der Waals surface area contributed by atoms with Crippen LogP contribution in [0.5, 0.6) is 0 Å². The predicted octanol–water partition coefficient (Wildman–Crippen LogP) is 4.75. The van der Waals surface area contributed by atoms with Gasteiger partial charge in [0.15, 0.2) is 0 Å².